The molecule has 1 aromatic carbocycles. The fourth-order valence-electron chi connectivity index (χ4n) is 2.09. The van der Waals surface area contributed by atoms with Gasteiger partial charge in [0.15, 0.2) is 11.5 Å². The van der Waals surface area contributed by atoms with E-state index >= 15 is 0 Å². The van der Waals surface area contributed by atoms with Crippen LogP contribution in [-0.4, -0.2) is 13.7 Å². The predicted octanol–water partition coefficient (Wildman–Crippen LogP) is 4.01. The van der Waals surface area contributed by atoms with Crippen molar-refractivity contribution in [3.05, 3.63) is 45.6 Å². The summed E-state index contributed by atoms with van der Waals surface area (Å²) in [6, 6.07) is 10.4. The smallest absolute Gasteiger partial charge is 0.161 e. The Morgan fingerprint density at radius 3 is 2.48 bits per heavy atom. The Bertz CT molecular complexity index is 566. The van der Waals surface area contributed by atoms with E-state index in [1.165, 1.54) is 15.3 Å². The summed E-state index contributed by atoms with van der Waals surface area (Å²) in [5.74, 6) is 1.63. The lowest BCUT2D eigenvalue weighted by molar-refractivity contribution is 0.271. The van der Waals surface area contributed by atoms with Gasteiger partial charge in [0.2, 0.25) is 0 Å². The highest BCUT2D eigenvalue weighted by molar-refractivity contribution is 7.11. The first-order valence-electron chi connectivity index (χ1n) is 7.37. The summed E-state index contributed by atoms with van der Waals surface area (Å²) in [4.78, 5) is 2.64. The third kappa shape index (κ3) is 4.48. The van der Waals surface area contributed by atoms with Gasteiger partial charge in [-0.2, -0.15) is 0 Å². The van der Waals surface area contributed by atoms with E-state index in [0.717, 1.165) is 24.5 Å². The van der Waals surface area contributed by atoms with E-state index in [0.29, 0.717) is 13.2 Å². The van der Waals surface area contributed by atoms with Gasteiger partial charge in [0, 0.05) is 16.3 Å². The summed E-state index contributed by atoms with van der Waals surface area (Å²) in [5, 5.41) is 3.15. The van der Waals surface area contributed by atoms with Crippen LogP contribution in [0.15, 0.2) is 30.3 Å². The van der Waals surface area contributed by atoms with Crippen molar-refractivity contribution in [2.45, 2.75) is 33.4 Å². The lowest BCUT2D eigenvalue weighted by atomic mass is 10.2. The zero-order valence-electron chi connectivity index (χ0n) is 12.9. The molecule has 0 atom stereocenters. The van der Waals surface area contributed by atoms with E-state index in [9.17, 15) is 0 Å². The van der Waals surface area contributed by atoms with Crippen LogP contribution in [0.25, 0.3) is 0 Å². The molecule has 0 aliphatic rings. The Labute approximate surface area is 130 Å². The average molecular weight is 305 g/mol. The predicted molar refractivity (Wildman–Crippen MR) is 88.4 cm³/mol. The molecular formula is C17H23NO2S. The molecule has 0 saturated carbocycles. The number of thiophene rings is 1. The summed E-state index contributed by atoms with van der Waals surface area (Å²) in [6.07, 6.45) is 1.08. The maximum atomic E-state index is 5.93. The Morgan fingerprint density at radius 2 is 1.81 bits per heavy atom. The minimum Gasteiger partial charge on any atom is -0.490 e. The molecule has 2 aromatic rings. The second kappa shape index (κ2) is 8.05. The van der Waals surface area contributed by atoms with Crippen molar-refractivity contribution >= 4 is 11.3 Å². The highest BCUT2D eigenvalue weighted by Gasteiger charge is 2.07. The van der Waals surface area contributed by atoms with Gasteiger partial charge in [-0.3, -0.25) is 0 Å². The Kier molecular flexibility index (Phi) is 6.08. The van der Waals surface area contributed by atoms with Crippen LogP contribution in [0.4, 0.5) is 0 Å². The van der Waals surface area contributed by atoms with Crippen LogP contribution in [-0.2, 0) is 19.6 Å². The number of rotatable bonds is 8. The first-order chi connectivity index (χ1) is 10.3. The Morgan fingerprint density at radius 1 is 1.00 bits per heavy atom. The molecule has 1 aromatic heterocycles. The van der Waals surface area contributed by atoms with E-state index < -0.39 is 0 Å². The number of aryl methyl sites for hydroxylation is 1. The molecule has 0 bridgehead atoms. The molecule has 0 aliphatic heterocycles. The summed E-state index contributed by atoms with van der Waals surface area (Å²) < 4.78 is 11.6. The van der Waals surface area contributed by atoms with Crippen molar-refractivity contribution in [2.75, 3.05) is 13.7 Å². The average Bonchev–Trinajstić information content (AvgIpc) is 2.95. The molecule has 0 aliphatic carbocycles. The van der Waals surface area contributed by atoms with E-state index in [1.54, 1.807) is 11.3 Å². The number of ether oxygens (including phenoxy) is 2. The van der Waals surface area contributed by atoms with Crippen molar-refractivity contribution in [3.8, 4) is 11.5 Å². The number of hydrogen-bond donors (Lipinski definition) is 1. The van der Waals surface area contributed by atoms with Gasteiger partial charge in [-0.05, 0) is 50.2 Å². The van der Waals surface area contributed by atoms with Crippen LogP contribution in [0.3, 0.4) is 0 Å². The largest absolute Gasteiger partial charge is 0.490 e. The third-order valence-electron chi connectivity index (χ3n) is 3.12. The highest BCUT2D eigenvalue weighted by atomic mass is 32.1. The van der Waals surface area contributed by atoms with E-state index in [1.807, 2.05) is 26.1 Å². The second-order valence-corrected chi connectivity index (χ2v) is 6.01. The summed E-state index contributed by atoms with van der Waals surface area (Å²) >= 11 is 1.81. The first kappa shape index (κ1) is 15.9. The minimum absolute atomic E-state index is 0.593. The van der Waals surface area contributed by atoms with Gasteiger partial charge in [0.1, 0.15) is 6.61 Å². The van der Waals surface area contributed by atoms with Crippen molar-refractivity contribution < 1.29 is 9.47 Å². The summed E-state index contributed by atoms with van der Waals surface area (Å²) in [5.41, 5.74) is 1.19. The molecule has 4 heteroatoms. The van der Waals surface area contributed by atoms with Crippen LogP contribution >= 0.6 is 11.3 Å². The molecule has 1 N–H and O–H groups in total. The summed E-state index contributed by atoms with van der Waals surface area (Å²) in [7, 11) is 1.94. The molecule has 1 heterocycles. The van der Waals surface area contributed by atoms with Crippen molar-refractivity contribution in [2.24, 2.45) is 0 Å². The topological polar surface area (TPSA) is 30.5 Å². The number of benzene rings is 1. The zero-order valence-corrected chi connectivity index (χ0v) is 13.8. The van der Waals surface area contributed by atoms with Gasteiger partial charge in [0.05, 0.1) is 6.61 Å². The second-order valence-electron chi connectivity index (χ2n) is 4.75. The molecule has 0 saturated heterocycles. The minimum atomic E-state index is 0.593. The standard InChI is InChI=1S/C17H23NO2S/c1-4-14-7-8-15(21-14)12-20-16-9-6-13(11-18-3)10-17(16)19-5-2/h6-10,18H,4-5,11-12H2,1-3H3. The first-order valence-corrected chi connectivity index (χ1v) is 8.19. The Hall–Kier alpha value is -1.52. The van der Waals surface area contributed by atoms with Crippen LogP contribution in [0.1, 0.15) is 29.2 Å². The van der Waals surface area contributed by atoms with Crippen molar-refractivity contribution in [1.82, 2.24) is 5.32 Å². The fraction of sp³-hybridized carbons (Fsp3) is 0.412. The van der Waals surface area contributed by atoms with Crippen LogP contribution in [0.2, 0.25) is 0 Å². The van der Waals surface area contributed by atoms with Gasteiger partial charge in [-0.1, -0.05) is 13.0 Å². The van der Waals surface area contributed by atoms with Gasteiger partial charge in [-0.25, -0.2) is 0 Å². The third-order valence-corrected chi connectivity index (χ3v) is 4.33. The normalized spacial score (nSPS) is 10.6. The SMILES string of the molecule is CCOc1cc(CNC)ccc1OCc1ccc(CC)s1. The number of hydrogen-bond acceptors (Lipinski definition) is 4. The van der Waals surface area contributed by atoms with E-state index in [4.69, 9.17) is 9.47 Å². The highest BCUT2D eigenvalue weighted by Crippen LogP contribution is 2.30. The Balaban J connectivity index is 2.07. The molecule has 0 spiro atoms. The molecule has 3 nitrogen and oxygen atoms in total. The van der Waals surface area contributed by atoms with Gasteiger partial charge >= 0.3 is 0 Å². The van der Waals surface area contributed by atoms with E-state index in [-0.39, 0.29) is 0 Å². The van der Waals surface area contributed by atoms with Gasteiger partial charge in [-0.15, -0.1) is 11.3 Å². The molecule has 21 heavy (non-hydrogen) atoms. The quantitative estimate of drug-likeness (QED) is 0.799. The maximum Gasteiger partial charge on any atom is 0.161 e. The fourth-order valence-corrected chi connectivity index (χ4v) is 2.96. The molecule has 0 amide bonds. The zero-order chi connectivity index (χ0) is 15.1. The molecule has 114 valence electrons. The molecular weight excluding hydrogens is 282 g/mol. The van der Waals surface area contributed by atoms with E-state index in [2.05, 4.69) is 30.4 Å². The molecule has 2 rings (SSSR count). The van der Waals surface area contributed by atoms with Gasteiger partial charge in [0.25, 0.3) is 0 Å². The lowest BCUT2D eigenvalue weighted by Crippen LogP contribution is -2.06. The summed E-state index contributed by atoms with van der Waals surface area (Å²) in [6.45, 7) is 6.21. The monoisotopic (exact) mass is 305 g/mol. The maximum absolute atomic E-state index is 5.93. The molecule has 0 radical (unpaired) electrons. The van der Waals surface area contributed by atoms with Gasteiger partial charge < -0.3 is 14.8 Å². The van der Waals surface area contributed by atoms with Crippen LogP contribution in [0, 0.1) is 0 Å². The lowest BCUT2D eigenvalue weighted by Gasteiger charge is -2.13. The molecule has 0 fully saturated rings. The van der Waals surface area contributed by atoms with Crippen molar-refractivity contribution in [1.29, 1.82) is 0 Å². The van der Waals surface area contributed by atoms with Crippen molar-refractivity contribution in [3.63, 3.8) is 0 Å². The van der Waals surface area contributed by atoms with Crippen LogP contribution in [0.5, 0.6) is 11.5 Å². The number of nitrogens with one attached hydrogen (secondary N) is 1. The van der Waals surface area contributed by atoms with Crippen LogP contribution < -0.4 is 14.8 Å². The molecule has 0 unspecified atom stereocenters.